The van der Waals surface area contributed by atoms with Crippen molar-refractivity contribution in [1.29, 1.82) is 0 Å². The van der Waals surface area contributed by atoms with Gasteiger partial charge in [-0.05, 0) is 122 Å². The molecule has 0 saturated carbocycles. The highest BCUT2D eigenvalue weighted by molar-refractivity contribution is 5.71. The molecule has 0 rings (SSSR count). The predicted octanol–water partition coefficient (Wildman–Crippen LogP) is 21.5. The zero-order valence-corrected chi connectivity index (χ0v) is 49.7. The maximum atomic E-state index is 12.8. The van der Waals surface area contributed by atoms with Crippen LogP contribution < -0.4 is 0 Å². The van der Waals surface area contributed by atoms with E-state index in [0.717, 1.165) is 161 Å². The summed E-state index contributed by atoms with van der Waals surface area (Å²) in [5, 5.41) is 0. The third kappa shape index (κ3) is 62.0. The number of rotatable bonds is 55. The Morgan fingerprint density at radius 3 is 0.831 bits per heavy atom. The Kier molecular flexibility index (Phi) is 59.9. The van der Waals surface area contributed by atoms with Gasteiger partial charge in [-0.1, -0.05) is 269 Å². The summed E-state index contributed by atoms with van der Waals surface area (Å²) in [5.41, 5.74) is 0. The van der Waals surface area contributed by atoms with Crippen molar-refractivity contribution < 1.29 is 28.6 Å². The molecule has 1 atom stereocenters. The van der Waals surface area contributed by atoms with E-state index in [1.54, 1.807) is 0 Å². The molecule has 6 nitrogen and oxygen atoms in total. The Morgan fingerprint density at radius 1 is 0.273 bits per heavy atom. The first-order valence-electron chi connectivity index (χ1n) is 31.3. The lowest BCUT2D eigenvalue weighted by Gasteiger charge is -2.18. The van der Waals surface area contributed by atoms with E-state index in [-0.39, 0.29) is 31.1 Å². The fourth-order valence-electron chi connectivity index (χ4n) is 8.13. The van der Waals surface area contributed by atoms with Crippen molar-refractivity contribution in [2.24, 2.45) is 0 Å². The van der Waals surface area contributed by atoms with E-state index in [1.807, 2.05) is 0 Å². The molecule has 0 aliphatic heterocycles. The first-order valence-corrected chi connectivity index (χ1v) is 31.3. The van der Waals surface area contributed by atoms with Crippen LogP contribution in [0.15, 0.2) is 146 Å². The maximum Gasteiger partial charge on any atom is 0.306 e. The lowest BCUT2D eigenvalue weighted by molar-refractivity contribution is -0.167. The van der Waals surface area contributed by atoms with Gasteiger partial charge in [0.1, 0.15) is 13.2 Å². The number of esters is 3. The van der Waals surface area contributed by atoms with Gasteiger partial charge >= 0.3 is 17.9 Å². The van der Waals surface area contributed by atoms with Crippen molar-refractivity contribution in [2.75, 3.05) is 13.2 Å². The molecule has 0 heterocycles. The number of hydrogen-bond donors (Lipinski definition) is 0. The molecule has 0 aliphatic rings. The van der Waals surface area contributed by atoms with Crippen molar-refractivity contribution in [3.63, 3.8) is 0 Å². The first-order chi connectivity index (χ1) is 38.0. The molecule has 0 radical (unpaired) electrons. The molecule has 0 bridgehead atoms. The van der Waals surface area contributed by atoms with E-state index in [4.69, 9.17) is 14.2 Å². The zero-order chi connectivity index (χ0) is 55.7. The molecule has 6 heteroatoms. The fraction of sp³-hybridized carbons (Fsp3) is 0.620. The molecule has 0 aliphatic carbocycles. The van der Waals surface area contributed by atoms with Gasteiger partial charge in [0, 0.05) is 19.3 Å². The summed E-state index contributed by atoms with van der Waals surface area (Å²) < 4.78 is 16.8. The standard InChI is InChI=1S/C71H114O6/c1-4-7-10-13-16-19-22-24-26-27-28-29-30-31-32-33-34-35-36-37-38-39-40-41-42-43-44-45-46-48-49-52-55-58-61-64-70(73)76-67-68(66-75-69(72)63-60-57-54-51-21-18-15-12-9-6-3)77-71(74)65-62-59-56-53-50-47-25-23-20-17-14-11-8-5-2/h7,10,14,16-17,19,23-26,28-29,31-32,34-35,37-38,40-41,43-44,46,48,68H,4-6,8-9,11-13,15,18,20-22,27,30,33,36,39,42,45,47,49-67H2,1-3H3/b10-7-,17-14-,19-16-,25-23-,26-24-,29-28-,32-31-,35-34-,38-37-,41-40-,44-43-,48-46-. The highest BCUT2D eigenvalue weighted by Crippen LogP contribution is 2.14. The van der Waals surface area contributed by atoms with Gasteiger partial charge in [0.25, 0.3) is 0 Å². The summed E-state index contributed by atoms with van der Waals surface area (Å²) in [4.78, 5) is 38.1. The lowest BCUT2D eigenvalue weighted by Crippen LogP contribution is -2.30. The topological polar surface area (TPSA) is 78.9 Å². The summed E-state index contributed by atoms with van der Waals surface area (Å²) in [6.45, 7) is 6.43. The van der Waals surface area contributed by atoms with Gasteiger partial charge in [-0.25, -0.2) is 0 Å². The zero-order valence-electron chi connectivity index (χ0n) is 49.7. The highest BCUT2D eigenvalue weighted by Gasteiger charge is 2.19. The van der Waals surface area contributed by atoms with Crippen LogP contribution in [-0.2, 0) is 28.6 Å². The molecule has 0 N–H and O–H groups in total. The van der Waals surface area contributed by atoms with Crippen LogP contribution in [0.25, 0.3) is 0 Å². The SMILES string of the molecule is CC/C=C\C/C=C\C/C=C\C/C=C\C/C=C\C/C=C\C/C=C\C/C=C\C/C=C\C/C=C\CCCCCCC(=O)OCC(COC(=O)CCCCCCCCCCCC)OC(=O)CCCCCCC/C=C\C/C=C\CCCC. The molecule has 0 saturated heterocycles. The normalized spacial score (nSPS) is 13.1. The second-order valence-corrected chi connectivity index (χ2v) is 20.2. The Balaban J connectivity index is 4.27. The average molecular weight is 1060 g/mol. The van der Waals surface area contributed by atoms with Crippen LogP contribution in [0.5, 0.6) is 0 Å². The molecular weight excluding hydrogens is 949 g/mol. The highest BCUT2D eigenvalue weighted by atomic mass is 16.6. The van der Waals surface area contributed by atoms with Crippen LogP contribution in [0.1, 0.15) is 265 Å². The van der Waals surface area contributed by atoms with Crippen LogP contribution in [-0.4, -0.2) is 37.2 Å². The monoisotopic (exact) mass is 1060 g/mol. The smallest absolute Gasteiger partial charge is 0.306 e. The molecular formula is C71H114O6. The molecule has 0 aromatic rings. The van der Waals surface area contributed by atoms with E-state index in [0.29, 0.717) is 19.3 Å². The molecule has 77 heavy (non-hydrogen) atoms. The number of carbonyl (C=O) groups is 3. The average Bonchev–Trinajstić information content (AvgIpc) is 3.43. The van der Waals surface area contributed by atoms with E-state index < -0.39 is 6.10 Å². The Morgan fingerprint density at radius 2 is 0.519 bits per heavy atom. The maximum absolute atomic E-state index is 12.8. The summed E-state index contributed by atoms with van der Waals surface area (Å²) in [5.74, 6) is -0.939. The van der Waals surface area contributed by atoms with Gasteiger partial charge in [0.15, 0.2) is 6.10 Å². The minimum Gasteiger partial charge on any atom is -0.462 e. The summed E-state index contributed by atoms with van der Waals surface area (Å²) in [6.07, 6.45) is 91.4. The molecule has 0 amide bonds. The van der Waals surface area contributed by atoms with E-state index in [2.05, 4.69) is 167 Å². The van der Waals surface area contributed by atoms with Crippen molar-refractivity contribution in [3.05, 3.63) is 146 Å². The second kappa shape index (κ2) is 63.8. The van der Waals surface area contributed by atoms with Crippen LogP contribution >= 0.6 is 0 Å². The first kappa shape index (κ1) is 72.3. The van der Waals surface area contributed by atoms with Crippen LogP contribution in [0.3, 0.4) is 0 Å². The van der Waals surface area contributed by atoms with Crippen molar-refractivity contribution >= 4 is 17.9 Å². The van der Waals surface area contributed by atoms with Crippen molar-refractivity contribution in [1.82, 2.24) is 0 Å². The van der Waals surface area contributed by atoms with E-state index >= 15 is 0 Å². The number of carbonyl (C=O) groups excluding carboxylic acids is 3. The minimum absolute atomic E-state index is 0.0941. The van der Waals surface area contributed by atoms with Gasteiger partial charge in [0.2, 0.25) is 0 Å². The van der Waals surface area contributed by atoms with Crippen LogP contribution in [0.4, 0.5) is 0 Å². The van der Waals surface area contributed by atoms with E-state index in [9.17, 15) is 14.4 Å². The largest absolute Gasteiger partial charge is 0.462 e. The van der Waals surface area contributed by atoms with Crippen LogP contribution in [0.2, 0.25) is 0 Å². The number of ether oxygens (including phenoxy) is 3. The summed E-state index contributed by atoms with van der Waals surface area (Å²) >= 11 is 0. The van der Waals surface area contributed by atoms with Gasteiger partial charge in [-0.15, -0.1) is 0 Å². The molecule has 0 spiro atoms. The quantitative estimate of drug-likeness (QED) is 0.0261. The predicted molar refractivity (Wildman–Crippen MR) is 334 cm³/mol. The summed E-state index contributed by atoms with van der Waals surface area (Å²) in [7, 11) is 0. The lowest BCUT2D eigenvalue weighted by atomic mass is 10.1. The van der Waals surface area contributed by atoms with Crippen molar-refractivity contribution in [2.45, 2.75) is 271 Å². The Hall–Kier alpha value is -4.71. The molecule has 0 fully saturated rings. The number of allylic oxidation sites excluding steroid dienone is 24. The van der Waals surface area contributed by atoms with Gasteiger partial charge in [-0.3, -0.25) is 14.4 Å². The number of unbranched alkanes of at least 4 members (excludes halogenated alkanes) is 20. The van der Waals surface area contributed by atoms with Gasteiger partial charge in [0.05, 0.1) is 0 Å². The van der Waals surface area contributed by atoms with Gasteiger partial charge in [-0.2, -0.15) is 0 Å². The van der Waals surface area contributed by atoms with Crippen LogP contribution in [0, 0.1) is 0 Å². The molecule has 0 aromatic heterocycles. The second-order valence-electron chi connectivity index (χ2n) is 20.2. The third-order valence-electron chi connectivity index (χ3n) is 12.8. The van der Waals surface area contributed by atoms with E-state index in [1.165, 1.54) is 64.2 Å². The fourth-order valence-corrected chi connectivity index (χ4v) is 8.13. The summed E-state index contributed by atoms with van der Waals surface area (Å²) in [6, 6.07) is 0. The third-order valence-corrected chi connectivity index (χ3v) is 12.8. The minimum atomic E-state index is -0.799. The molecule has 0 aromatic carbocycles. The van der Waals surface area contributed by atoms with Gasteiger partial charge < -0.3 is 14.2 Å². The Labute approximate surface area is 474 Å². The molecule has 434 valence electrons. The Bertz CT molecular complexity index is 1700. The molecule has 1 unspecified atom stereocenters. The van der Waals surface area contributed by atoms with Crippen molar-refractivity contribution in [3.8, 4) is 0 Å². The number of hydrogen-bond acceptors (Lipinski definition) is 6.